The van der Waals surface area contributed by atoms with E-state index in [1.807, 2.05) is 6.92 Å². The molecule has 0 aliphatic heterocycles. The molecular formula is C14H20O4S. The van der Waals surface area contributed by atoms with Crippen LogP contribution in [-0.2, 0) is 14.6 Å². The van der Waals surface area contributed by atoms with Crippen molar-refractivity contribution >= 4 is 15.8 Å². The van der Waals surface area contributed by atoms with Crippen LogP contribution >= 0.6 is 0 Å². The summed E-state index contributed by atoms with van der Waals surface area (Å²) >= 11 is 0. The van der Waals surface area contributed by atoms with E-state index < -0.39 is 21.1 Å². The van der Waals surface area contributed by atoms with Gasteiger partial charge in [0.25, 0.3) is 0 Å². The molecule has 0 aromatic heterocycles. The summed E-state index contributed by atoms with van der Waals surface area (Å²) in [5.74, 6) is -1.02. The Morgan fingerprint density at radius 3 is 2.42 bits per heavy atom. The van der Waals surface area contributed by atoms with Crippen LogP contribution in [0.25, 0.3) is 0 Å². The second-order valence-corrected chi connectivity index (χ2v) is 7.37. The molecule has 1 atom stereocenters. The number of aliphatic carboxylic acids is 1. The highest BCUT2D eigenvalue weighted by atomic mass is 32.2. The summed E-state index contributed by atoms with van der Waals surface area (Å²) in [6.07, 6.45) is 0.680. The number of benzene rings is 1. The predicted molar refractivity (Wildman–Crippen MR) is 74.0 cm³/mol. The van der Waals surface area contributed by atoms with Crippen molar-refractivity contribution in [3.8, 4) is 0 Å². The highest BCUT2D eigenvalue weighted by Crippen LogP contribution is 2.26. The summed E-state index contributed by atoms with van der Waals surface area (Å²) in [6.45, 7) is 5.17. The van der Waals surface area contributed by atoms with Gasteiger partial charge in [-0.25, -0.2) is 8.42 Å². The summed E-state index contributed by atoms with van der Waals surface area (Å²) < 4.78 is 24.2. The first kappa shape index (κ1) is 15.7. The van der Waals surface area contributed by atoms with Gasteiger partial charge in [-0.3, -0.25) is 4.79 Å². The molecule has 19 heavy (non-hydrogen) atoms. The van der Waals surface area contributed by atoms with Crippen molar-refractivity contribution in [3.63, 3.8) is 0 Å². The van der Waals surface area contributed by atoms with Crippen LogP contribution in [0.15, 0.2) is 29.2 Å². The lowest BCUT2D eigenvalue weighted by molar-refractivity contribution is -0.137. The van der Waals surface area contributed by atoms with E-state index in [-0.39, 0.29) is 17.2 Å². The Morgan fingerprint density at radius 2 is 1.95 bits per heavy atom. The average molecular weight is 284 g/mol. The minimum atomic E-state index is -3.32. The molecule has 0 aliphatic rings. The predicted octanol–water partition coefficient (Wildman–Crippen LogP) is 2.84. The smallest absolute Gasteiger partial charge is 0.303 e. The normalized spacial score (nSPS) is 13.5. The van der Waals surface area contributed by atoms with E-state index >= 15 is 0 Å². The van der Waals surface area contributed by atoms with Crippen molar-refractivity contribution in [1.29, 1.82) is 0 Å². The minimum absolute atomic E-state index is 0.0156. The fourth-order valence-corrected chi connectivity index (χ4v) is 3.04. The van der Waals surface area contributed by atoms with Gasteiger partial charge in [0, 0.05) is 0 Å². The average Bonchev–Trinajstić information content (AvgIpc) is 2.35. The van der Waals surface area contributed by atoms with Crippen molar-refractivity contribution in [2.75, 3.05) is 0 Å². The van der Waals surface area contributed by atoms with E-state index in [9.17, 15) is 13.2 Å². The van der Waals surface area contributed by atoms with Gasteiger partial charge < -0.3 is 5.11 Å². The molecule has 5 heteroatoms. The van der Waals surface area contributed by atoms with Crippen molar-refractivity contribution in [3.05, 3.63) is 29.8 Å². The SMILES string of the molecule is CCC(CC(=O)O)c1cccc(S(=O)(=O)C(C)C)c1. The van der Waals surface area contributed by atoms with E-state index in [0.717, 1.165) is 5.56 Å². The van der Waals surface area contributed by atoms with Crippen molar-refractivity contribution < 1.29 is 18.3 Å². The van der Waals surface area contributed by atoms with Crippen LogP contribution in [0, 0.1) is 0 Å². The maximum absolute atomic E-state index is 12.1. The number of carbonyl (C=O) groups is 1. The van der Waals surface area contributed by atoms with Crippen LogP contribution in [-0.4, -0.2) is 24.7 Å². The first-order valence-electron chi connectivity index (χ1n) is 6.34. The molecule has 0 amide bonds. The molecule has 1 aromatic rings. The van der Waals surface area contributed by atoms with E-state index in [4.69, 9.17) is 5.11 Å². The lowest BCUT2D eigenvalue weighted by Crippen LogP contribution is -2.14. The fraction of sp³-hybridized carbons (Fsp3) is 0.500. The molecule has 0 heterocycles. The molecule has 106 valence electrons. The van der Waals surface area contributed by atoms with E-state index in [0.29, 0.717) is 6.42 Å². The Bertz CT molecular complexity index is 546. The Labute approximate surface area is 114 Å². The molecule has 0 aliphatic carbocycles. The van der Waals surface area contributed by atoms with Crippen molar-refractivity contribution in [2.24, 2.45) is 0 Å². The van der Waals surface area contributed by atoms with Gasteiger partial charge in [0.15, 0.2) is 9.84 Å². The van der Waals surface area contributed by atoms with Gasteiger partial charge in [-0.15, -0.1) is 0 Å². The number of hydrogen-bond donors (Lipinski definition) is 1. The first-order valence-corrected chi connectivity index (χ1v) is 7.89. The van der Waals surface area contributed by atoms with Crippen molar-refractivity contribution in [2.45, 2.75) is 49.7 Å². The molecule has 0 radical (unpaired) electrons. The molecule has 0 saturated carbocycles. The second kappa shape index (κ2) is 6.19. The van der Waals surface area contributed by atoms with Gasteiger partial charge in [-0.2, -0.15) is 0 Å². The number of carboxylic acids is 1. The number of sulfone groups is 1. The van der Waals surface area contributed by atoms with E-state index in [2.05, 4.69) is 0 Å². The summed E-state index contributed by atoms with van der Waals surface area (Å²) in [6, 6.07) is 6.63. The molecule has 1 unspecified atom stereocenters. The number of hydrogen-bond acceptors (Lipinski definition) is 3. The molecule has 0 bridgehead atoms. The van der Waals surface area contributed by atoms with Crippen LogP contribution in [0.1, 0.15) is 45.1 Å². The lowest BCUT2D eigenvalue weighted by Gasteiger charge is -2.15. The van der Waals surface area contributed by atoms with Crippen LogP contribution in [0.2, 0.25) is 0 Å². The first-order chi connectivity index (χ1) is 8.78. The van der Waals surface area contributed by atoms with Crippen LogP contribution in [0.5, 0.6) is 0 Å². The highest BCUT2D eigenvalue weighted by molar-refractivity contribution is 7.92. The summed E-state index contributed by atoms with van der Waals surface area (Å²) in [5, 5.41) is 8.39. The van der Waals surface area contributed by atoms with Gasteiger partial charge in [0.05, 0.1) is 16.6 Å². The Kier molecular flexibility index (Phi) is 5.11. The van der Waals surface area contributed by atoms with Crippen LogP contribution < -0.4 is 0 Å². The fourth-order valence-electron chi connectivity index (χ4n) is 1.93. The monoisotopic (exact) mass is 284 g/mol. The number of rotatable bonds is 6. The lowest BCUT2D eigenvalue weighted by atomic mass is 9.93. The zero-order chi connectivity index (χ0) is 14.6. The Balaban J connectivity index is 3.16. The maximum Gasteiger partial charge on any atom is 0.303 e. The highest BCUT2D eigenvalue weighted by Gasteiger charge is 2.21. The van der Waals surface area contributed by atoms with Gasteiger partial charge >= 0.3 is 5.97 Å². The summed E-state index contributed by atoms with van der Waals surface area (Å²) in [4.78, 5) is 11.1. The topological polar surface area (TPSA) is 71.4 Å². The minimum Gasteiger partial charge on any atom is -0.481 e. The van der Waals surface area contributed by atoms with Crippen molar-refractivity contribution in [1.82, 2.24) is 0 Å². The molecule has 4 nitrogen and oxygen atoms in total. The third kappa shape index (κ3) is 3.80. The molecule has 1 N–H and O–H groups in total. The largest absolute Gasteiger partial charge is 0.481 e. The summed E-state index contributed by atoms with van der Waals surface area (Å²) in [7, 11) is -3.32. The number of carboxylic acid groups (broad SMARTS) is 1. The van der Waals surface area contributed by atoms with E-state index in [1.54, 1.807) is 38.1 Å². The third-order valence-electron chi connectivity index (χ3n) is 3.19. The zero-order valence-corrected chi connectivity index (χ0v) is 12.3. The molecule has 1 aromatic carbocycles. The standard InChI is InChI=1S/C14H20O4S/c1-4-11(9-14(15)16)12-6-5-7-13(8-12)19(17,18)10(2)3/h5-8,10-11H,4,9H2,1-3H3,(H,15,16). The second-order valence-electron chi connectivity index (χ2n) is 4.87. The molecule has 0 fully saturated rings. The molecule has 1 rings (SSSR count). The Morgan fingerprint density at radius 1 is 1.32 bits per heavy atom. The molecule has 0 saturated heterocycles. The molecule has 0 spiro atoms. The van der Waals surface area contributed by atoms with Crippen LogP contribution in [0.4, 0.5) is 0 Å². The van der Waals surface area contributed by atoms with Gasteiger partial charge in [0.1, 0.15) is 0 Å². The van der Waals surface area contributed by atoms with Gasteiger partial charge in [-0.05, 0) is 43.9 Å². The van der Waals surface area contributed by atoms with Gasteiger partial charge in [0.2, 0.25) is 0 Å². The van der Waals surface area contributed by atoms with E-state index in [1.165, 1.54) is 0 Å². The summed E-state index contributed by atoms with van der Waals surface area (Å²) in [5.41, 5.74) is 0.770. The zero-order valence-electron chi connectivity index (χ0n) is 11.5. The van der Waals surface area contributed by atoms with Crippen LogP contribution in [0.3, 0.4) is 0 Å². The Hall–Kier alpha value is -1.36. The molecular weight excluding hydrogens is 264 g/mol. The maximum atomic E-state index is 12.1. The third-order valence-corrected chi connectivity index (χ3v) is 5.34. The quantitative estimate of drug-likeness (QED) is 0.872. The van der Waals surface area contributed by atoms with Gasteiger partial charge in [-0.1, -0.05) is 19.1 Å².